The van der Waals surface area contributed by atoms with Crippen LogP contribution in [-0.2, 0) is 0 Å². The smallest absolute Gasteiger partial charge is 0.255 e. The van der Waals surface area contributed by atoms with Crippen molar-refractivity contribution in [3.8, 4) is 11.5 Å². The number of methoxy groups -OCH3 is 2. The van der Waals surface area contributed by atoms with Crippen LogP contribution < -0.4 is 14.8 Å². The number of hydrogen-bond acceptors (Lipinski definition) is 3. The van der Waals surface area contributed by atoms with Crippen LogP contribution in [0.15, 0.2) is 12.1 Å². The average Bonchev–Trinajstić information content (AvgIpc) is 2.29. The van der Waals surface area contributed by atoms with Gasteiger partial charge in [0.05, 0.1) is 19.8 Å². The first-order valence-corrected chi connectivity index (χ1v) is 5.14. The first kappa shape index (κ1) is 12.4. The SMILES string of the molecule is CCNC(=O)c1cc(C)c(OC)cc1OC. The van der Waals surface area contributed by atoms with Gasteiger partial charge >= 0.3 is 0 Å². The Balaban J connectivity index is 3.17. The van der Waals surface area contributed by atoms with Gasteiger partial charge in [-0.2, -0.15) is 0 Å². The summed E-state index contributed by atoms with van der Waals surface area (Å²) in [5.74, 6) is 1.10. The molecule has 16 heavy (non-hydrogen) atoms. The molecule has 0 atom stereocenters. The van der Waals surface area contributed by atoms with E-state index in [4.69, 9.17) is 9.47 Å². The van der Waals surface area contributed by atoms with Gasteiger partial charge in [0.2, 0.25) is 0 Å². The Bertz CT molecular complexity index is 388. The molecule has 0 unspecified atom stereocenters. The summed E-state index contributed by atoms with van der Waals surface area (Å²) in [5, 5.41) is 2.74. The van der Waals surface area contributed by atoms with E-state index in [1.807, 2.05) is 13.8 Å². The van der Waals surface area contributed by atoms with Crippen LogP contribution in [-0.4, -0.2) is 26.7 Å². The van der Waals surface area contributed by atoms with Crippen molar-refractivity contribution in [1.29, 1.82) is 0 Å². The van der Waals surface area contributed by atoms with Crippen molar-refractivity contribution in [3.63, 3.8) is 0 Å². The number of nitrogens with one attached hydrogen (secondary N) is 1. The van der Waals surface area contributed by atoms with Crippen molar-refractivity contribution >= 4 is 5.91 Å². The number of amides is 1. The summed E-state index contributed by atoms with van der Waals surface area (Å²) in [4.78, 5) is 11.7. The van der Waals surface area contributed by atoms with Crippen LogP contribution in [0.1, 0.15) is 22.8 Å². The van der Waals surface area contributed by atoms with Crippen molar-refractivity contribution < 1.29 is 14.3 Å². The number of ether oxygens (including phenoxy) is 2. The summed E-state index contributed by atoms with van der Waals surface area (Å²) in [6.07, 6.45) is 0. The molecular formula is C12H17NO3. The first-order valence-electron chi connectivity index (χ1n) is 5.14. The number of carbonyl (C=O) groups is 1. The number of benzene rings is 1. The molecule has 0 fully saturated rings. The van der Waals surface area contributed by atoms with Gasteiger partial charge in [-0.3, -0.25) is 4.79 Å². The van der Waals surface area contributed by atoms with E-state index in [1.165, 1.54) is 7.11 Å². The van der Waals surface area contributed by atoms with Crippen LogP contribution in [0.5, 0.6) is 11.5 Å². The van der Waals surface area contributed by atoms with E-state index in [-0.39, 0.29) is 5.91 Å². The second kappa shape index (κ2) is 5.39. The molecule has 0 aliphatic carbocycles. The summed E-state index contributed by atoms with van der Waals surface area (Å²) in [7, 11) is 3.13. The fourth-order valence-electron chi connectivity index (χ4n) is 1.49. The summed E-state index contributed by atoms with van der Waals surface area (Å²) in [5.41, 5.74) is 1.44. The standard InChI is InChI=1S/C12H17NO3/c1-5-13-12(14)9-6-8(2)10(15-3)7-11(9)16-4/h6-7H,5H2,1-4H3,(H,13,14). The van der Waals surface area contributed by atoms with Gasteiger partial charge in [-0.15, -0.1) is 0 Å². The number of hydrogen-bond donors (Lipinski definition) is 1. The minimum atomic E-state index is -0.134. The van der Waals surface area contributed by atoms with Crippen LogP contribution in [0.25, 0.3) is 0 Å². The molecule has 88 valence electrons. The third-order valence-electron chi connectivity index (χ3n) is 2.30. The van der Waals surface area contributed by atoms with Gasteiger partial charge in [-0.1, -0.05) is 0 Å². The third kappa shape index (κ3) is 2.45. The van der Waals surface area contributed by atoms with Crippen molar-refractivity contribution in [2.45, 2.75) is 13.8 Å². The van der Waals surface area contributed by atoms with Gasteiger partial charge in [0.1, 0.15) is 11.5 Å². The number of carbonyl (C=O) groups excluding carboxylic acids is 1. The molecule has 0 saturated heterocycles. The normalized spacial score (nSPS) is 9.75. The monoisotopic (exact) mass is 223 g/mol. The topological polar surface area (TPSA) is 47.6 Å². The quantitative estimate of drug-likeness (QED) is 0.846. The Morgan fingerprint density at radius 3 is 2.38 bits per heavy atom. The molecule has 0 aromatic heterocycles. The molecule has 1 N–H and O–H groups in total. The van der Waals surface area contributed by atoms with E-state index in [0.717, 1.165) is 5.56 Å². The number of rotatable bonds is 4. The van der Waals surface area contributed by atoms with Gasteiger partial charge in [0.25, 0.3) is 5.91 Å². The van der Waals surface area contributed by atoms with E-state index >= 15 is 0 Å². The predicted molar refractivity (Wildman–Crippen MR) is 62.3 cm³/mol. The lowest BCUT2D eigenvalue weighted by Crippen LogP contribution is -2.23. The van der Waals surface area contributed by atoms with Crippen molar-refractivity contribution in [1.82, 2.24) is 5.32 Å². The van der Waals surface area contributed by atoms with Crippen LogP contribution in [0.4, 0.5) is 0 Å². The van der Waals surface area contributed by atoms with E-state index in [2.05, 4.69) is 5.32 Å². The summed E-state index contributed by atoms with van der Waals surface area (Å²) >= 11 is 0. The molecule has 1 amide bonds. The molecule has 0 aliphatic rings. The van der Waals surface area contributed by atoms with Crippen LogP contribution in [0.3, 0.4) is 0 Å². The van der Waals surface area contributed by atoms with Crippen molar-refractivity contribution in [2.75, 3.05) is 20.8 Å². The zero-order valence-corrected chi connectivity index (χ0v) is 10.1. The molecule has 4 nitrogen and oxygen atoms in total. The zero-order valence-electron chi connectivity index (χ0n) is 10.1. The van der Waals surface area contributed by atoms with Crippen LogP contribution >= 0.6 is 0 Å². The Morgan fingerprint density at radius 1 is 1.25 bits per heavy atom. The van der Waals surface area contributed by atoms with E-state index in [0.29, 0.717) is 23.6 Å². The van der Waals surface area contributed by atoms with Crippen LogP contribution in [0, 0.1) is 6.92 Å². The fraction of sp³-hybridized carbons (Fsp3) is 0.417. The highest BCUT2D eigenvalue weighted by Gasteiger charge is 2.14. The maximum absolute atomic E-state index is 11.7. The van der Waals surface area contributed by atoms with E-state index < -0.39 is 0 Å². The zero-order chi connectivity index (χ0) is 12.1. The Morgan fingerprint density at radius 2 is 1.88 bits per heavy atom. The summed E-state index contributed by atoms with van der Waals surface area (Å²) in [6.45, 7) is 4.36. The predicted octanol–water partition coefficient (Wildman–Crippen LogP) is 1.76. The van der Waals surface area contributed by atoms with Gasteiger partial charge in [-0.25, -0.2) is 0 Å². The Labute approximate surface area is 95.6 Å². The maximum Gasteiger partial charge on any atom is 0.255 e. The molecule has 0 spiro atoms. The minimum Gasteiger partial charge on any atom is -0.496 e. The highest BCUT2D eigenvalue weighted by atomic mass is 16.5. The molecule has 1 rings (SSSR count). The molecule has 0 heterocycles. The van der Waals surface area contributed by atoms with Crippen molar-refractivity contribution in [3.05, 3.63) is 23.3 Å². The number of aryl methyl sites for hydroxylation is 1. The fourth-order valence-corrected chi connectivity index (χ4v) is 1.49. The van der Waals surface area contributed by atoms with Gasteiger partial charge < -0.3 is 14.8 Å². The molecule has 0 aliphatic heterocycles. The minimum absolute atomic E-state index is 0.134. The molecule has 1 aromatic carbocycles. The Kier molecular flexibility index (Phi) is 4.17. The van der Waals surface area contributed by atoms with Gasteiger partial charge in [-0.05, 0) is 25.5 Å². The Hall–Kier alpha value is -1.71. The lowest BCUT2D eigenvalue weighted by Gasteiger charge is -2.12. The molecule has 0 saturated carbocycles. The van der Waals surface area contributed by atoms with E-state index in [1.54, 1.807) is 19.2 Å². The lowest BCUT2D eigenvalue weighted by molar-refractivity contribution is 0.0952. The maximum atomic E-state index is 11.7. The van der Waals surface area contributed by atoms with Crippen molar-refractivity contribution in [2.24, 2.45) is 0 Å². The molecular weight excluding hydrogens is 206 g/mol. The second-order valence-corrected chi connectivity index (χ2v) is 3.38. The molecule has 1 aromatic rings. The first-order chi connectivity index (χ1) is 7.63. The second-order valence-electron chi connectivity index (χ2n) is 3.38. The van der Waals surface area contributed by atoms with E-state index in [9.17, 15) is 4.79 Å². The van der Waals surface area contributed by atoms with Crippen LogP contribution in [0.2, 0.25) is 0 Å². The average molecular weight is 223 g/mol. The van der Waals surface area contributed by atoms with Gasteiger partial charge in [0.15, 0.2) is 0 Å². The summed E-state index contributed by atoms with van der Waals surface area (Å²) in [6, 6.07) is 3.49. The highest BCUT2D eigenvalue weighted by molar-refractivity contribution is 5.97. The lowest BCUT2D eigenvalue weighted by atomic mass is 10.1. The van der Waals surface area contributed by atoms with Gasteiger partial charge in [0, 0.05) is 12.6 Å². The highest BCUT2D eigenvalue weighted by Crippen LogP contribution is 2.28. The largest absolute Gasteiger partial charge is 0.496 e. The molecule has 4 heteroatoms. The molecule has 0 bridgehead atoms. The third-order valence-corrected chi connectivity index (χ3v) is 2.30. The molecule has 0 radical (unpaired) electrons. The summed E-state index contributed by atoms with van der Waals surface area (Å²) < 4.78 is 10.3.